The van der Waals surface area contributed by atoms with Gasteiger partial charge in [-0.15, -0.1) is 11.8 Å². The summed E-state index contributed by atoms with van der Waals surface area (Å²) >= 11 is 1.11. The van der Waals surface area contributed by atoms with Gasteiger partial charge in [0, 0.05) is 11.8 Å². The average molecular weight is 350 g/mol. The Kier molecular flexibility index (Phi) is 7.45. The third kappa shape index (κ3) is 4.66. The predicted molar refractivity (Wildman–Crippen MR) is 84.3 cm³/mol. The molecule has 23 heavy (non-hydrogen) atoms. The highest BCUT2D eigenvalue weighted by Crippen LogP contribution is 2.28. The SMILES string of the molecule is CCS[C@H]([C@@H](O)[C@H](O)[C@H](O)[C@H](O)CO)n1cc(C)c(=O)[nH]c1=O. The second-order valence-corrected chi connectivity index (χ2v) is 6.44. The van der Waals surface area contributed by atoms with Crippen molar-refractivity contribution in [1.29, 1.82) is 0 Å². The molecule has 5 atom stereocenters. The first kappa shape index (κ1) is 19.9. The van der Waals surface area contributed by atoms with Gasteiger partial charge in [0.25, 0.3) is 5.56 Å². The van der Waals surface area contributed by atoms with Gasteiger partial charge in [0.1, 0.15) is 29.8 Å². The van der Waals surface area contributed by atoms with Crippen LogP contribution < -0.4 is 11.2 Å². The molecule has 1 aromatic heterocycles. The van der Waals surface area contributed by atoms with E-state index in [-0.39, 0.29) is 5.56 Å². The van der Waals surface area contributed by atoms with Crippen molar-refractivity contribution in [3.8, 4) is 0 Å². The molecule has 0 aliphatic rings. The molecule has 0 aliphatic heterocycles. The van der Waals surface area contributed by atoms with Crippen LogP contribution in [0, 0.1) is 6.92 Å². The number of H-pyrrole nitrogens is 1. The summed E-state index contributed by atoms with van der Waals surface area (Å²) in [6.45, 7) is 2.45. The number of hydrogen-bond donors (Lipinski definition) is 6. The molecule has 1 rings (SSSR count). The van der Waals surface area contributed by atoms with Crippen LogP contribution in [0.15, 0.2) is 15.8 Å². The summed E-state index contributed by atoms with van der Waals surface area (Å²) < 4.78 is 1.05. The summed E-state index contributed by atoms with van der Waals surface area (Å²) in [6, 6.07) is 0. The topological polar surface area (TPSA) is 156 Å². The van der Waals surface area contributed by atoms with Crippen molar-refractivity contribution in [1.82, 2.24) is 9.55 Å². The number of hydrogen-bond acceptors (Lipinski definition) is 8. The Morgan fingerprint density at radius 3 is 2.30 bits per heavy atom. The third-order valence-electron chi connectivity index (χ3n) is 3.33. The van der Waals surface area contributed by atoms with Crippen LogP contribution in [-0.4, -0.2) is 71.9 Å². The van der Waals surface area contributed by atoms with E-state index in [0.29, 0.717) is 5.75 Å². The van der Waals surface area contributed by atoms with E-state index < -0.39 is 47.6 Å². The van der Waals surface area contributed by atoms with Gasteiger partial charge < -0.3 is 25.5 Å². The molecule has 132 valence electrons. The Morgan fingerprint density at radius 1 is 1.17 bits per heavy atom. The van der Waals surface area contributed by atoms with E-state index in [1.54, 1.807) is 6.92 Å². The minimum Gasteiger partial charge on any atom is -0.394 e. The predicted octanol–water partition coefficient (Wildman–Crippen LogP) is -2.47. The van der Waals surface area contributed by atoms with Gasteiger partial charge >= 0.3 is 5.69 Å². The summed E-state index contributed by atoms with van der Waals surface area (Å²) in [4.78, 5) is 25.5. The Morgan fingerprint density at radius 2 is 1.78 bits per heavy atom. The summed E-state index contributed by atoms with van der Waals surface area (Å²) in [6.07, 6.45) is -5.62. The van der Waals surface area contributed by atoms with Crippen molar-refractivity contribution in [2.45, 2.75) is 43.6 Å². The second-order valence-electron chi connectivity index (χ2n) is 5.05. The van der Waals surface area contributed by atoms with Crippen molar-refractivity contribution >= 4 is 11.8 Å². The first-order valence-corrected chi connectivity index (χ1v) is 8.06. The highest BCUT2D eigenvalue weighted by molar-refractivity contribution is 7.99. The molecule has 9 nitrogen and oxygen atoms in total. The molecule has 0 amide bonds. The van der Waals surface area contributed by atoms with Gasteiger partial charge in [0.15, 0.2) is 0 Å². The second kappa shape index (κ2) is 8.62. The molecular weight excluding hydrogens is 328 g/mol. The van der Waals surface area contributed by atoms with Gasteiger partial charge in [-0.3, -0.25) is 14.3 Å². The van der Waals surface area contributed by atoms with Gasteiger partial charge in [-0.25, -0.2) is 4.79 Å². The number of nitrogens with zero attached hydrogens (tertiary/aromatic N) is 1. The van der Waals surface area contributed by atoms with Crippen LogP contribution in [0.5, 0.6) is 0 Å². The highest BCUT2D eigenvalue weighted by atomic mass is 32.2. The van der Waals surface area contributed by atoms with Gasteiger partial charge in [-0.2, -0.15) is 0 Å². The summed E-state index contributed by atoms with van der Waals surface area (Å²) in [5.74, 6) is 0.470. The van der Waals surface area contributed by atoms with Crippen LogP contribution >= 0.6 is 11.8 Å². The molecule has 0 saturated heterocycles. The van der Waals surface area contributed by atoms with Crippen molar-refractivity contribution in [2.24, 2.45) is 0 Å². The summed E-state index contributed by atoms with van der Waals surface area (Å²) in [7, 11) is 0. The number of aryl methyl sites for hydroxylation is 1. The Labute approximate surface area is 136 Å². The Hall–Kier alpha value is -1.17. The van der Waals surface area contributed by atoms with Crippen LogP contribution in [0.1, 0.15) is 17.9 Å². The Bertz CT molecular complexity index is 617. The van der Waals surface area contributed by atoms with Gasteiger partial charge in [0.05, 0.1) is 6.61 Å². The van der Waals surface area contributed by atoms with Gasteiger partial charge in [0.2, 0.25) is 0 Å². The first-order chi connectivity index (χ1) is 10.7. The summed E-state index contributed by atoms with van der Waals surface area (Å²) in [5, 5.41) is 47.2. The number of aromatic nitrogens is 2. The normalized spacial score (nSPS) is 18.2. The number of nitrogens with one attached hydrogen (secondary N) is 1. The molecule has 0 fully saturated rings. The zero-order valence-electron chi connectivity index (χ0n) is 12.8. The lowest BCUT2D eigenvalue weighted by Gasteiger charge is -2.31. The minimum absolute atomic E-state index is 0.240. The van der Waals surface area contributed by atoms with Crippen LogP contribution in [0.2, 0.25) is 0 Å². The van der Waals surface area contributed by atoms with Crippen molar-refractivity contribution in [3.05, 3.63) is 32.6 Å². The maximum atomic E-state index is 11.9. The molecule has 10 heteroatoms. The number of thioether (sulfide) groups is 1. The fourth-order valence-electron chi connectivity index (χ4n) is 2.00. The quantitative estimate of drug-likeness (QED) is 0.301. The lowest BCUT2D eigenvalue weighted by Crippen LogP contribution is -2.49. The molecule has 1 aromatic rings. The van der Waals surface area contributed by atoms with Crippen LogP contribution in [-0.2, 0) is 0 Å². The fourth-order valence-corrected chi connectivity index (χ4v) is 3.01. The highest BCUT2D eigenvalue weighted by Gasteiger charge is 2.36. The lowest BCUT2D eigenvalue weighted by molar-refractivity contribution is -0.118. The van der Waals surface area contributed by atoms with E-state index in [0.717, 1.165) is 16.3 Å². The molecule has 0 unspecified atom stereocenters. The third-order valence-corrected chi connectivity index (χ3v) is 4.51. The van der Waals surface area contributed by atoms with E-state index in [1.807, 2.05) is 0 Å². The smallest absolute Gasteiger partial charge is 0.329 e. The van der Waals surface area contributed by atoms with Crippen molar-refractivity contribution in [3.63, 3.8) is 0 Å². The largest absolute Gasteiger partial charge is 0.394 e. The van der Waals surface area contributed by atoms with Gasteiger partial charge in [-0.1, -0.05) is 6.92 Å². The number of aliphatic hydroxyl groups excluding tert-OH is 5. The fraction of sp³-hybridized carbons (Fsp3) is 0.692. The van der Waals surface area contributed by atoms with E-state index in [4.69, 9.17) is 5.11 Å². The molecule has 0 aliphatic carbocycles. The zero-order chi connectivity index (χ0) is 17.7. The summed E-state index contributed by atoms with van der Waals surface area (Å²) in [5.41, 5.74) is -1.09. The molecule has 0 spiro atoms. The van der Waals surface area contributed by atoms with Crippen molar-refractivity contribution in [2.75, 3.05) is 12.4 Å². The standard InChI is InChI=1S/C13H22N2O7S/c1-3-23-12(10(20)9(19)8(18)7(17)5-16)15-4-6(2)11(21)14-13(15)22/h4,7-10,12,16-20H,3,5H2,1-2H3,(H,14,21,22)/t7-,8-,9-,10+,12-/m1/s1. The maximum absolute atomic E-state index is 11.9. The van der Waals surface area contributed by atoms with E-state index in [1.165, 1.54) is 13.1 Å². The van der Waals surface area contributed by atoms with Crippen LogP contribution in [0.3, 0.4) is 0 Å². The molecular formula is C13H22N2O7S. The zero-order valence-corrected chi connectivity index (χ0v) is 13.6. The first-order valence-electron chi connectivity index (χ1n) is 7.01. The molecule has 0 radical (unpaired) electrons. The number of aliphatic hydroxyl groups is 5. The molecule has 0 saturated carbocycles. The molecule has 0 bridgehead atoms. The Balaban J connectivity index is 3.18. The molecule has 6 N–H and O–H groups in total. The molecule has 0 aromatic carbocycles. The number of rotatable bonds is 8. The van der Waals surface area contributed by atoms with Gasteiger partial charge in [-0.05, 0) is 12.7 Å². The maximum Gasteiger partial charge on any atom is 0.329 e. The van der Waals surface area contributed by atoms with E-state index in [2.05, 4.69) is 4.98 Å². The van der Waals surface area contributed by atoms with Crippen LogP contribution in [0.25, 0.3) is 0 Å². The van der Waals surface area contributed by atoms with E-state index in [9.17, 15) is 30.0 Å². The van der Waals surface area contributed by atoms with E-state index >= 15 is 0 Å². The lowest BCUT2D eigenvalue weighted by atomic mass is 10.0. The average Bonchev–Trinajstić information content (AvgIpc) is 2.53. The minimum atomic E-state index is -1.81. The number of aromatic amines is 1. The monoisotopic (exact) mass is 350 g/mol. The molecule has 1 heterocycles. The van der Waals surface area contributed by atoms with Crippen LogP contribution in [0.4, 0.5) is 0 Å². The van der Waals surface area contributed by atoms with Crippen molar-refractivity contribution < 1.29 is 25.5 Å².